The van der Waals surface area contributed by atoms with E-state index in [-0.39, 0.29) is 35.7 Å². The molecule has 0 aromatic heterocycles. The summed E-state index contributed by atoms with van der Waals surface area (Å²) in [7, 11) is -9.21. The zero-order chi connectivity index (χ0) is 10.4. The minimum atomic E-state index is -4.61. The van der Waals surface area contributed by atoms with E-state index in [9.17, 15) is 0 Å². The van der Waals surface area contributed by atoms with E-state index in [2.05, 4.69) is 8.67 Å². The van der Waals surface area contributed by atoms with Gasteiger partial charge in [-0.2, -0.15) is 16.8 Å². The maximum absolute atomic E-state index is 9.08. The molecule has 7 N–H and O–H groups in total. The first-order valence-corrected chi connectivity index (χ1v) is 4.46. The van der Waals surface area contributed by atoms with E-state index in [4.69, 9.17) is 36.5 Å². The third-order valence-corrected chi connectivity index (χ3v) is 0.565. The van der Waals surface area contributed by atoms with Crippen LogP contribution in [0.3, 0.4) is 0 Å². The van der Waals surface area contributed by atoms with Gasteiger partial charge in [0.15, 0.2) is 0 Å². The third-order valence-electron chi connectivity index (χ3n) is 0.188. The molecule has 14 heavy (non-hydrogen) atoms. The van der Waals surface area contributed by atoms with Crippen LogP contribution in [0.25, 0.3) is 0 Å². The van der Waals surface area contributed by atoms with Gasteiger partial charge in [0, 0.05) is 0 Å². The van der Waals surface area contributed by atoms with Crippen LogP contribution in [-0.4, -0.2) is 66.0 Å². The standard InChI is InChI=1S/H3N.Na.2H2O5S.H/c;;2*1-5-6(2,3)4;/h1H3;;2*1H,(H,2,3,4);. The summed E-state index contributed by atoms with van der Waals surface area (Å²) in [5, 5.41) is 14.1. The molecular weight excluding hydrogens is 261 g/mol. The van der Waals surface area contributed by atoms with E-state index >= 15 is 0 Å². The molecule has 0 aliphatic carbocycles. The zero-order valence-electron chi connectivity index (χ0n) is 5.76. The van der Waals surface area contributed by atoms with Crippen molar-refractivity contribution in [3.63, 3.8) is 0 Å². The van der Waals surface area contributed by atoms with Gasteiger partial charge in [-0.3, -0.25) is 9.11 Å². The molecule has 0 aliphatic rings. The van der Waals surface area contributed by atoms with Crippen LogP contribution in [0.1, 0.15) is 0 Å². The zero-order valence-corrected chi connectivity index (χ0v) is 7.39. The van der Waals surface area contributed by atoms with E-state index in [1.165, 1.54) is 0 Å². The first-order valence-electron chi connectivity index (χ1n) is 1.73. The molecule has 14 heteroatoms. The Balaban J connectivity index is -0.0000000625. The van der Waals surface area contributed by atoms with E-state index in [0.29, 0.717) is 0 Å². The van der Waals surface area contributed by atoms with Gasteiger partial charge in [0.1, 0.15) is 0 Å². The summed E-state index contributed by atoms with van der Waals surface area (Å²) in [5.74, 6) is 0. The summed E-state index contributed by atoms with van der Waals surface area (Å²) in [4.78, 5) is 0. The predicted molar refractivity (Wildman–Crippen MR) is 42.7 cm³/mol. The van der Waals surface area contributed by atoms with Gasteiger partial charge in [0.2, 0.25) is 0 Å². The van der Waals surface area contributed by atoms with Crippen LogP contribution in [0, 0.1) is 0 Å². The maximum atomic E-state index is 9.08. The van der Waals surface area contributed by atoms with Crippen molar-refractivity contribution in [1.82, 2.24) is 6.15 Å². The van der Waals surface area contributed by atoms with Crippen LogP contribution in [0.5, 0.6) is 0 Å². The van der Waals surface area contributed by atoms with Gasteiger partial charge in [-0.1, -0.05) is 8.67 Å². The van der Waals surface area contributed by atoms with Crippen molar-refractivity contribution in [2.45, 2.75) is 0 Å². The summed E-state index contributed by atoms with van der Waals surface area (Å²) >= 11 is 0. The monoisotopic (exact) mass is 269 g/mol. The van der Waals surface area contributed by atoms with E-state index in [1.54, 1.807) is 0 Å². The molecule has 0 bridgehead atoms. The molecule has 0 rings (SSSR count). The second-order valence-electron chi connectivity index (χ2n) is 1.00. The summed E-state index contributed by atoms with van der Waals surface area (Å²) < 4.78 is 55.9. The van der Waals surface area contributed by atoms with Gasteiger partial charge in [-0.25, -0.2) is 10.5 Å². The average molecular weight is 269 g/mol. The fourth-order valence-electron chi connectivity index (χ4n) is 0. The van der Waals surface area contributed by atoms with Gasteiger partial charge in [-0.15, -0.1) is 0 Å². The second kappa shape index (κ2) is 10.1. The van der Waals surface area contributed by atoms with Crippen molar-refractivity contribution in [1.29, 1.82) is 0 Å². The minimum absolute atomic E-state index is 0. The van der Waals surface area contributed by atoms with Crippen LogP contribution >= 0.6 is 0 Å². The Morgan fingerprint density at radius 2 is 0.857 bits per heavy atom. The number of rotatable bonds is 2. The molecule has 0 aromatic rings. The Kier molecular flexibility index (Phi) is 17.4. The summed E-state index contributed by atoms with van der Waals surface area (Å²) in [6, 6.07) is 0. The first-order chi connectivity index (χ1) is 5.12. The molecule has 0 unspecified atom stereocenters. The van der Waals surface area contributed by atoms with E-state index < -0.39 is 20.8 Å². The Morgan fingerprint density at radius 3 is 0.857 bits per heavy atom. The van der Waals surface area contributed by atoms with Crippen molar-refractivity contribution < 1.29 is 45.1 Å². The topological polar surface area (TPSA) is 203 Å². The SMILES string of the molecule is N.O=S(=O)(O)OO.O=S(=O)(O)OO.[NaH]. The van der Waals surface area contributed by atoms with E-state index in [1.807, 2.05) is 0 Å². The van der Waals surface area contributed by atoms with Crippen molar-refractivity contribution in [2.24, 2.45) is 0 Å². The Bertz CT molecular complexity index is 254. The van der Waals surface area contributed by atoms with Gasteiger partial charge in [0.25, 0.3) is 0 Å². The van der Waals surface area contributed by atoms with Crippen LogP contribution in [0.15, 0.2) is 0 Å². The third kappa shape index (κ3) is 38.9. The molecule has 0 radical (unpaired) electrons. The van der Waals surface area contributed by atoms with Crippen LogP contribution in [0.2, 0.25) is 0 Å². The molecule has 0 saturated carbocycles. The quantitative estimate of drug-likeness (QED) is 0.161. The van der Waals surface area contributed by atoms with Crippen molar-refractivity contribution in [3.8, 4) is 0 Å². The van der Waals surface area contributed by atoms with Crippen LogP contribution in [-0.2, 0) is 29.5 Å². The summed E-state index contributed by atoms with van der Waals surface area (Å²) in [6.07, 6.45) is 0. The van der Waals surface area contributed by atoms with Crippen LogP contribution < -0.4 is 6.15 Å². The van der Waals surface area contributed by atoms with Gasteiger partial charge in [-0.05, 0) is 0 Å². The average Bonchev–Trinajstić information content (AvgIpc) is 1.86. The molecule has 0 atom stereocenters. The van der Waals surface area contributed by atoms with E-state index in [0.717, 1.165) is 0 Å². The Hall–Kier alpha value is 0.620. The predicted octanol–water partition coefficient (Wildman–Crippen LogP) is -1.93. The van der Waals surface area contributed by atoms with Crippen molar-refractivity contribution in [2.75, 3.05) is 0 Å². The molecular formula is H8NNaO10S2. The molecule has 0 saturated heterocycles. The van der Waals surface area contributed by atoms with Crippen molar-refractivity contribution >= 4 is 50.4 Å². The molecule has 0 aliphatic heterocycles. The normalized spacial score (nSPS) is 10.0. The molecule has 0 amide bonds. The fraction of sp³-hybridized carbons (Fsp3) is 0. The van der Waals surface area contributed by atoms with Crippen molar-refractivity contribution in [3.05, 3.63) is 0 Å². The van der Waals surface area contributed by atoms with Gasteiger partial charge >= 0.3 is 50.4 Å². The molecule has 0 heterocycles. The molecule has 86 valence electrons. The van der Waals surface area contributed by atoms with Gasteiger partial charge < -0.3 is 6.15 Å². The number of hydrogen-bond acceptors (Lipinski definition) is 9. The molecule has 0 aromatic carbocycles. The summed E-state index contributed by atoms with van der Waals surface area (Å²) in [6.45, 7) is 0. The molecule has 0 spiro atoms. The molecule has 11 nitrogen and oxygen atoms in total. The second-order valence-corrected chi connectivity index (χ2v) is 3.01. The Morgan fingerprint density at radius 1 is 0.786 bits per heavy atom. The summed E-state index contributed by atoms with van der Waals surface area (Å²) in [5.41, 5.74) is 0. The van der Waals surface area contributed by atoms with Crippen LogP contribution in [0.4, 0.5) is 0 Å². The number of hydrogen-bond donors (Lipinski definition) is 5. The first kappa shape index (κ1) is 24.0. The fourth-order valence-corrected chi connectivity index (χ4v) is 0. The molecule has 0 fully saturated rings. The van der Waals surface area contributed by atoms with Gasteiger partial charge in [0.05, 0.1) is 0 Å². The Labute approximate surface area is 101 Å².